The standard InChI is InChI=1S/C38H28N2OSi/c41-38-34(27-40-35-24-12-15-28-16-13-25-39-37(28)35)33-23-11-10-14-29(33)26-36(38)42(30-17-4-1-5-18-30,31-19-6-2-7-20-31)32-21-8-3-9-22-32/h1-27,41H/b40-27+. The van der Waals surface area contributed by atoms with Crippen molar-refractivity contribution in [2.45, 2.75) is 0 Å². The highest BCUT2D eigenvalue weighted by Gasteiger charge is 2.43. The molecule has 0 radical (unpaired) electrons. The first-order valence-electron chi connectivity index (χ1n) is 14.1. The van der Waals surface area contributed by atoms with Crippen LogP contribution in [0.2, 0.25) is 0 Å². The number of aromatic nitrogens is 1. The van der Waals surface area contributed by atoms with Crippen molar-refractivity contribution < 1.29 is 5.11 Å². The average molecular weight is 557 g/mol. The van der Waals surface area contributed by atoms with Crippen LogP contribution in [0.1, 0.15) is 5.56 Å². The van der Waals surface area contributed by atoms with Gasteiger partial charge in [0.25, 0.3) is 0 Å². The third kappa shape index (κ3) is 4.30. The van der Waals surface area contributed by atoms with E-state index >= 15 is 0 Å². The van der Waals surface area contributed by atoms with E-state index in [1.165, 1.54) is 15.6 Å². The Hall–Kier alpha value is -5.32. The summed E-state index contributed by atoms with van der Waals surface area (Å²) in [4.78, 5) is 9.51. The van der Waals surface area contributed by atoms with Crippen LogP contribution in [0, 0.1) is 0 Å². The van der Waals surface area contributed by atoms with E-state index in [0.717, 1.165) is 32.5 Å². The van der Waals surface area contributed by atoms with Crippen LogP contribution in [0.15, 0.2) is 163 Å². The molecule has 1 aromatic heterocycles. The predicted octanol–water partition coefficient (Wildman–Crippen LogP) is 6.22. The Labute approximate surface area is 246 Å². The molecule has 0 aliphatic rings. The molecule has 0 atom stereocenters. The quantitative estimate of drug-likeness (QED) is 0.150. The second kappa shape index (κ2) is 10.9. The van der Waals surface area contributed by atoms with Crippen molar-refractivity contribution in [1.82, 2.24) is 4.98 Å². The van der Waals surface area contributed by atoms with Crippen molar-refractivity contribution in [1.29, 1.82) is 0 Å². The number of pyridine rings is 1. The van der Waals surface area contributed by atoms with Gasteiger partial charge in [-0.05, 0) is 43.7 Å². The molecule has 7 aromatic rings. The van der Waals surface area contributed by atoms with E-state index in [1.54, 1.807) is 6.20 Å². The molecule has 0 bridgehead atoms. The van der Waals surface area contributed by atoms with E-state index in [0.29, 0.717) is 5.56 Å². The highest BCUT2D eigenvalue weighted by molar-refractivity contribution is 7.20. The molecule has 0 spiro atoms. The van der Waals surface area contributed by atoms with Crippen molar-refractivity contribution in [2.24, 2.45) is 4.99 Å². The molecular formula is C38H28N2OSi. The first kappa shape index (κ1) is 25.6. The Morgan fingerprint density at radius 3 is 1.76 bits per heavy atom. The lowest BCUT2D eigenvalue weighted by Crippen LogP contribution is -2.74. The number of hydrogen-bond donors (Lipinski definition) is 1. The second-order valence-corrected chi connectivity index (χ2v) is 14.1. The fourth-order valence-corrected chi connectivity index (χ4v) is 11.0. The van der Waals surface area contributed by atoms with E-state index in [-0.39, 0.29) is 5.75 Å². The SMILES string of the molecule is Oc1c([Si](c2ccccc2)(c2ccccc2)c2ccccc2)cc2ccccc2c1/C=N/c1cccc2cccnc12. The summed E-state index contributed by atoms with van der Waals surface area (Å²) in [7, 11) is -2.97. The minimum Gasteiger partial charge on any atom is -0.507 e. The van der Waals surface area contributed by atoms with Crippen LogP contribution in [0.3, 0.4) is 0 Å². The van der Waals surface area contributed by atoms with E-state index in [2.05, 4.69) is 120 Å². The number of fused-ring (bicyclic) bond motifs is 2. The molecule has 42 heavy (non-hydrogen) atoms. The van der Waals surface area contributed by atoms with Crippen molar-refractivity contribution in [3.63, 3.8) is 0 Å². The van der Waals surface area contributed by atoms with Crippen molar-refractivity contribution in [3.05, 3.63) is 163 Å². The number of rotatable bonds is 6. The zero-order valence-corrected chi connectivity index (χ0v) is 23.9. The maximum atomic E-state index is 12.4. The number of para-hydroxylation sites is 1. The van der Waals surface area contributed by atoms with Gasteiger partial charge in [0.05, 0.1) is 11.2 Å². The smallest absolute Gasteiger partial charge is 0.184 e. The van der Waals surface area contributed by atoms with Gasteiger partial charge in [0.2, 0.25) is 0 Å². The van der Waals surface area contributed by atoms with Crippen molar-refractivity contribution in [2.75, 3.05) is 0 Å². The summed E-state index contributed by atoms with van der Waals surface area (Å²) in [6.45, 7) is 0. The van der Waals surface area contributed by atoms with Crippen LogP contribution in [0.25, 0.3) is 21.7 Å². The fraction of sp³-hybridized carbons (Fsp3) is 0. The van der Waals surface area contributed by atoms with Crippen LogP contribution in [-0.4, -0.2) is 24.4 Å². The van der Waals surface area contributed by atoms with Gasteiger partial charge in [-0.15, -0.1) is 0 Å². The minimum atomic E-state index is -2.97. The Morgan fingerprint density at radius 1 is 0.571 bits per heavy atom. The molecule has 0 unspecified atom stereocenters. The molecule has 7 rings (SSSR count). The zero-order valence-electron chi connectivity index (χ0n) is 22.9. The number of benzene rings is 6. The topological polar surface area (TPSA) is 45.5 Å². The number of phenolic OH excluding ortho intramolecular Hbond substituents is 1. The summed E-state index contributed by atoms with van der Waals surface area (Å²) in [5.74, 6) is 0.258. The lowest BCUT2D eigenvalue weighted by molar-refractivity contribution is 0.479. The van der Waals surface area contributed by atoms with Crippen LogP contribution >= 0.6 is 0 Å². The molecule has 1 heterocycles. The van der Waals surface area contributed by atoms with Gasteiger partial charge < -0.3 is 5.11 Å². The highest BCUT2D eigenvalue weighted by atomic mass is 28.3. The summed E-state index contributed by atoms with van der Waals surface area (Å²) < 4.78 is 0. The molecule has 0 amide bonds. The third-order valence-electron chi connectivity index (χ3n) is 8.03. The zero-order chi connectivity index (χ0) is 28.4. The Bertz CT molecular complexity index is 1940. The second-order valence-electron chi connectivity index (χ2n) is 10.4. The number of hydrogen-bond acceptors (Lipinski definition) is 3. The highest BCUT2D eigenvalue weighted by Crippen LogP contribution is 2.29. The third-order valence-corrected chi connectivity index (χ3v) is 12.8. The van der Waals surface area contributed by atoms with Crippen LogP contribution in [0.5, 0.6) is 5.75 Å². The molecule has 1 N–H and O–H groups in total. The van der Waals surface area contributed by atoms with Gasteiger partial charge in [-0.25, -0.2) is 0 Å². The van der Waals surface area contributed by atoms with E-state index < -0.39 is 8.07 Å². The maximum Gasteiger partial charge on any atom is 0.184 e. The van der Waals surface area contributed by atoms with Gasteiger partial charge in [0.15, 0.2) is 8.07 Å². The van der Waals surface area contributed by atoms with Gasteiger partial charge in [0, 0.05) is 23.4 Å². The van der Waals surface area contributed by atoms with Gasteiger partial charge in [-0.1, -0.05) is 140 Å². The molecule has 200 valence electrons. The summed E-state index contributed by atoms with van der Waals surface area (Å²) in [5, 5.41) is 20.0. The van der Waals surface area contributed by atoms with Crippen LogP contribution in [0.4, 0.5) is 5.69 Å². The van der Waals surface area contributed by atoms with Gasteiger partial charge >= 0.3 is 0 Å². The molecule has 4 heteroatoms. The predicted molar refractivity (Wildman–Crippen MR) is 178 cm³/mol. The van der Waals surface area contributed by atoms with E-state index in [1.807, 2.05) is 42.6 Å². The fourth-order valence-electron chi connectivity index (χ4n) is 6.14. The Morgan fingerprint density at radius 2 is 1.12 bits per heavy atom. The molecule has 6 aromatic carbocycles. The number of nitrogens with zero attached hydrogens (tertiary/aromatic N) is 2. The van der Waals surface area contributed by atoms with Gasteiger partial charge in [0.1, 0.15) is 5.75 Å². The van der Waals surface area contributed by atoms with E-state index in [9.17, 15) is 5.11 Å². The first-order chi connectivity index (χ1) is 20.8. The summed E-state index contributed by atoms with van der Waals surface area (Å²) in [6.07, 6.45) is 3.60. The largest absolute Gasteiger partial charge is 0.507 e. The number of aromatic hydroxyl groups is 1. The summed E-state index contributed by atoms with van der Waals surface area (Å²) in [5.41, 5.74) is 2.30. The first-order valence-corrected chi connectivity index (χ1v) is 16.1. The lowest BCUT2D eigenvalue weighted by Gasteiger charge is -2.35. The molecule has 0 fully saturated rings. The molecule has 0 aliphatic carbocycles. The minimum absolute atomic E-state index is 0.258. The number of phenols is 1. The average Bonchev–Trinajstić information content (AvgIpc) is 3.06. The Kier molecular flexibility index (Phi) is 6.66. The monoisotopic (exact) mass is 556 g/mol. The van der Waals surface area contributed by atoms with Crippen molar-refractivity contribution >= 4 is 62.4 Å². The summed E-state index contributed by atoms with van der Waals surface area (Å²) >= 11 is 0. The number of aliphatic imine (C=N–C) groups is 1. The molecule has 0 saturated carbocycles. The van der Waals surface area contributed by atoms with Gasteiger partial charge in [-0.2, -0.15) is 0 Å². The van der Waals surface area contributed by atoms with Gasteiger partial charge in [-0.3, -0.25) is 9.98 Å². The van der Waals surface area contributed by atoms with Crippen LogP contribution in [-0.2, 0) is 0 Å². The molecule has 0 aliphatic heterocycles. The molecule has 3 nitrogen and oxygen atoms in total. The summed E-state index contributed by atoms with van der Waals surface area (Å²) in [6, 6.07) is 52.3. The molecule has 0 saturated heterocycles. The maximum absolute atomic E-state index is 12.4. The van der Waals surface area contributed by atoms with Crippen molar-refractivity contribution in [3.8, 4) is 5.75 Å². The van der Waals surface area contributed by atoms with Crippen LogP contribution < -0.4 is 20.7 Å². The normalized spacial score (nSPS) is 11.8. The lowest BCUT2D eigenvalue weighted by atomic mass is 10.0. The molecular weight excluding hydrogens is 529 g/mol. The Balaban J connectivity index is 1.57. The van der Waals surface area contributed by atoms with E-state index in [4.69, 9.17) is 4.99 Å².